The van der Waals surface area contributed by atoms with E-state index in [4.69, 9.17) is 14.2 Å². The van der Waals surface area contributed by atoms with Gasteiger partial charge in [0.05, 0.1) is 14.2 Å². The lowest BCUT2D eigenvalue weighted by Crippen LogP contribution is -2.00. The van der Waals surface area contributed by atoms with Crippen LogP contribution in [0.4, 0.5) is 0 Å². The van der Waals surface area contributed by atoms with Crippen LogP contribution in [0.1, 0.15) is 11.3 Å². The highest BCUT2D eigenvalue weighted by atomic mass is 16.5. The second kappa shape index (κ2) is 6.09. The van der Waals surface area contributed by atoms with Gasteiger partial charge in [-0.1, -0.05) is 12.1 Å². The van der Waals surface area contributed by atoms with Crippen LogP contribution in [0.3, 0.4) is 0 Å². The number of hydrogen-bond donors (Lipinski definition) is 0. The number of rotatable bonds is 5. The molecule has 0 aliphatic heterocycles. The lowest BCUT2D eigenvalue weighted by molar-refractivity contribution is 0.271. The second-order valence-electron chi connectivity index (χ2n) is 4.10. The van der Waals surface area contributed by atoms with Crippen molar-refractivity contribution in [1.82, 2.24) is 4.98 Å². The smallest absolute Gasteiger partial charge is 0.257 e. The molecule has 2 aromatic rings. The van der Waals surface area contributed by atoms with E-state index in [1.807, 2.05) is 43.3 Å². The van der Waals surface area contributed by atoms with Crippen molar-refractivity contribution in [1.29, 1.82) is 0 Å². The number of nitrogens with zero attached hydrogens (tertiary/aromatic N) is 1. The predicted molar refractivity (Wildman–Crippen MR) is 72.9 cm³/mol. The molecule has 100 valence electrons. The molecule has 0 aliphatic rings. The topological polar surface area (TPSA) is 40.6 Å². The average molecular weight is 259 g/mol. The van der Waals surface area contributed by atoms with E-state index >= 15 is 0 Å². The van der Waals surface area contributed by atoms with Gasteiger partial charge in [0.15, 0.2) is 5.75 Å². The van der Waals surface area contributed by atoms with E-state index in [9.17, 15) is 0 Å². The first-order chi connectivity index (χ1) is 9.22. The van der Waals surface area contributed by atoms with Gasteiger partial charge < -0.3 is 14.2 Å². The molecule has 19 heavy (non-hydrogen) atoms. The van der Waals surface area contributed by atoms with Crippen LogP contribution in [0.2, 0.25) is 0 Å². The van der Waals surface area contributed by atoms with Gasteiger partial charge in [-0.05, 0) is 36.8 Å². The Morgan fingerprint density at radius 3 is 2.32 bits per heavy atom. The van der Waals surface area contributed by atoms with Gasteiger partial charge >= 0.3 is 0 Å². The third-order valence-corrected chi connectivity index (χ3v) is 2.72. The first-order valence-corrected chi connectivity index (χ1v) is 6.00. The van der Waals surface area contributed by atoms with E-state index in [0.29, 0.717) is 18.2 Å². The maximum absolute atomic E-state index is 5.69. The molecule has 0 spiro atoms. The molecule has 4 heteroatoms. The minimum absolute atomic E-state index is 0.441. The molecule has 0 unspecified atom stereocenters. The number of benzene rings is 1. The van der Waals surface area contributed by atoms with Gasteiger partial charge in [0, 0.05) is 5.69 Å². The highest BCUT2D eigenvalue weighted by Crippen LogP contribution is 2.25. The molecule has 0 N–H and O–H groups in total. The van der Waals surface area contributed by atoms with Crippen LogP contribution in [0.5, 0.6) is 17.4 Å². The lowest BCUT2D eigenvalue weighted by atomic mass is 10.2. The predicted octanol–water partition coefficient (Wildman–Crippen LogP) is 2.99. The summed E-state index contributed by atoms with van der Waals surface area (Å²) < 4.78 is 16.0. The fourth-order valence-electron chi connectivity index (χ4n) is 1.65. The Morgan fingerprint density at radius 2 is 1.68 bits per heavy atom. The molecule has 0 fully saturated rings. The molecule has 0 atom stereocenters. The van der Waals surface area contributed by atoms with Crippen molar-refractivity contribution < 1.29 is 14.2 Å². The molecule has 0 saturated carbocycles. The van der Waals surface area contributed by atoms with E-state index in [2.05, 4.69) is 4.98 Å². The molecule has 0 amide bonds. The van der Waals surface area contributed by atoms with E-state index in [0.717, 1.165) is 17.0 Å². The van der Waals surface area contributed by atoms with Crippen molar-refractivity contribution in [3.63, 3.8) is 0 Å². The summed E-state index contributed by atoms with van der Waals surface area (Å²) in [5.41, 5.74) is 1.94. The maximum Gasteiger partial charge on any atom is 0.257 e. The van der Waals surface area contributed by atoms with Crippen LogP contribution in [0, 0.1) is 6.92 Å². The summed E-state index contributed by atoms with van der Waals surface area (Å²) in [6.07, 6.45) is 0. The number of aromatic nitrogens is 1. The molecule has 1 heterocycles. The van der Waals surface area contributed by atoms with Crippen LogP contribution in [-0.2, 0) is 6.61 Å². The van der Waals surface area contributed by atoms with Crippen LogP contribution in [-0.4, -0.2) is 19.2 Å². The third-order valence-electron chi connectivity index (χ3n) is 2.72. The normalized spacial score (nSPS) is 10.1. The van der Waals surface area contributed by atoms with Gasteiger partial charge in [-0.3, -0.25) is 0 Å². The number of hydrogen-bond acceptors (Lipinski definition) is 4. The van der Waals surface area contributed by atoms with Crippen LogP contribution in [0.15, 0.2) is 36.4 Å². The Kier molecular flexibility index (Phi) is 4.23. The summed E-state index contributed by atoms with van der Waals surface area (Å²) >= 11 is 0. The van der Waals surface area contributed by atoms with Crippen LogP contribution >= 0.6 is 0 Å². The molecule has 0 saturated heterocycles. The summed E-state index contributed by atoms with van der Waals surface area (Å²) in [5, 5.41) is 0. The highest BCUT2D eigenvalue weighted by molar-refractivity contribution is 5.35. The SMILES string of the molecule is COc1ccc(COc2nc(C)ccc2OC)cc1. The Hall–Kier alpha value is -2.23. The van der Waals surface area contributed by atoms with E-state index in [1.165, 1.54) is 0 Å². The van der Waals surface area contributed by atoms with Crippen molar-refractivity contribution >= 4 is 0 Å². The minimum atomic E-state index is 0.441. The quantitative estimate of drug-likeness (QED) is 0.827. The Morgan fingerprint density at radius 1 is 0.947 bits per heavy atom. The van der Waals surface area contributed by atoms with Crippen LogP contribution < -0.4 is 14.2 Å². The molecule has 0 aliphatic carbocycles. The molecule has 1 aromatic heterocycles. The maximum atomic E-state index is 5.69. The summed E-state index contributed by atoms with van der Waals surface area (Å²) in [5.74, 6) is 1.98. The summed E-state index contributed by atoms with van der Waals surface area (Å²) in [4.78, 5) is 4.32. The Balaban J connectivity index is 2.07. The zero-order chi connectivity index (χ0) is 13.7. The Bertz CT molecular complexity index is 538. The zero-order valence-electron chi connectivity index (χ0n) is 11.3. The minimum Gasteiger partial charge on any atom is -0.497 e. The van der Waals surface area contributed by atoms with Crippen molar-refractivity contribution in [2.24, 2.45) is 0 Å². The van der Waals surface area contributed by atoms with Crippen LogP contribution in [0.25, 0.3) is 0 Å². The highest BCUT2D eigenvalue weighted by Gasteiger charge is 2.06. The van der Waals surface area contributed by atoms with Gasteiger partial charge in [0.25, 0.3) is 5.88 Å². The average Bonchev–Trinajstić information content (AvgIpc) is 2.46. The van der Waals surface area contributed by atoms with Crippen molar-refractivity contribution in [3.8, 4) is 17.4 Å². The van der Waals surface area contributed by atoms with Crippen molar-refractivity contribution in [3.05, 3.63) is 47.7 Å². The lowest BCUT2D eigenvalue weighted by Gasteiger charge is -2.10. The molecule has 0 radical (unpaired) electrons. The Labute approximate surface area is 113 Å². The molecule has 2 rings (SSSR count). The first-order valence-electron chi connectivity index (χ1n) is 6.00. The number of methoxy groups -OCH3 is 2. The van der Waals surface area contributed by atoms with Gasteiger partial charge in [0.1, 0.15) is 12.4 Å². The standard InChI is InChI=1S/C15H17NO3/c1-11-4-9-14(18-3)15(16-11)19-10-12-5-7-13(17-2)8-6-12/h4-9H,10H2,1-3H3. The summed E-state index contributed by atoms with van der Waals surface area (Å²) in [6, 6.07) is 11.5. The fraction of sp³-hybridized carbons (Fsp3) is 0.267. The number of pyridine rings is 1. The number of aryl methyl sites for hydroxylation is 1. The molecular weight excluding hydrogens is 242 g/mol. The second-order valence-corrected chi connectivity index (χ2v) is 4.10. The van der Waals surface area contributed by atoms with Gasteiger partial charge in [-0.15, -0.1) is 0 Å². The van der Waals surface area contributed by atoms with Crippen molar-refractivity contribution in [2.75, 3.05) is 14.2 Å². The van der Waals surface area contributed by atoms with E-state index < -0.39 is 0 Å². The van der Waals surface area contributed by atoms with Gasteiger partial charge in [-0.2, -0.15) is 0 Å². The van der Waals surface area contributed by atoms with Gasteiger partial charge in [0.2, 0.25) is 0 Å². The molecule has 4 nitrogen and oxygen atoms in total. The van der Waals surface area contributed by atoms with Gasteiger partial charge in [-0.25, -0.2) is 4.98 Å². The number of ether oxygens (including phenoxy) is 3. The fourth-order valence-corrected chi connectivity index (χ4v) is 1.65. The van der Waals surface area contributed by atoms with Crippen molar-refractivity contribution in [2.45, 2.75) is 13.5 Å². The first kappa shape index (κ1) is 13.2. The summed E-state index contributed by atoms with van der Waals surface area (Å²) in [6.45, 7) is 2.36. The summed E-state index contributed by atoms with van der Waals surface area (Å²) in [7, 11) is 3.25. The zero-order valence-corrected chi connectivity index (χ0v) is 11.3. The molecule has 0 bridgehead atoms. The largest absolute Gasteiger partial charge is 0.497 e. The molecular formula is C15H17NO3. The molecule has 1 aromatic carbocycles. The van der Waals surface area contributed by atoms with E-state index in [1.54, 1.807) is 14.2 Å². The van der Waals surface area contributed by atoms with E-state index in [-0.39, 0.29) is 0 Å². The third kappa shape index (κ3) is 3.37. The monoisotopic (exact) mass is 259 g/mol.